The zero-order valence-corrected chi connectivity index (χ0v) is 26.2. The van der Waals surface area contributed by atoms with Crippen LogP contribution >= 0.6 is 0 Å². The second kappa shape index (κ2) is 14.4. The van der Waals surface area contributed by atoms with Gasteiger partial charge in [-0.3, -0.25) is 4.98 Å². The molecule has 5 rings (SSSR count). The van der Waals surface area contributed by atoms with Crippen LogP contribution in [0.15, 0.2) is 67.0 Å². The minimum Gasteiger partial charge on any atom is -0.488 e. The molecule has 1 fully saturated rings. The van der Waals surface area contributed by atoms with E-state index in [1.165, 1.54) is 11.2 Å². The molecule has 0 spiro atoms. The van der Waals surface area contributed by atoms with Crippen molar-refractivity contribution in [2.24, 2.45) is 0 Å². The number of amides is 1. The summed E-state index contributed by atoms with van der Waals surface area (Å²) >= 11 is 0. The van der Waals surface area contributed by atoms with E-state index in [0.717, 1.165) is 48.4 Å². The first-order chi connectivity index (χ1) is 20.8. The van der Waals surface area contributed by atoms with Crippen LogP contribution in [0.4, 0.5) is 4.79 Å². The summed E-state index contributed by atoms with van der Waals surface area (Å²) in [4.78, 5) is 18.6. The van der Waals surface area contributed by atoms with E-state index >= 15 is 0 Å². The molecule has 0 atom stereocenters. The van der Waals surface area contributed by atoms with E-state index in [4.69, 9.17) is 14.2 Å². The fourth-order valence-corrected chi connectivity index (χ4v) is 5.61. The van der Waals surface area contributed by atoms with Crippen LogP contribution in [0, 0.1) is 0 Å². The van der Waals surface area contributed by atoms with Gasteiger partial charge in [-0.2, -0.15) is 0 Å². The summed E-state index contributed by atoms with van der Waals surface area (Å²) in [6.45, 7) is 8.24. The minimum atomic E-state index is -1.18. The second-order valence-corrected chi connectivity index (χ2v) is 17.7. The molecule has 2 aromatic heterocycles. The molecular weight excluding hydrogens is 560 g/mol. The van der Waals surface area contributed by atoms with Crippen LogP contribution < -0.4 is 14.8 Å². The number of ether oxygens (including phenoxy) is 3. The number of nitrogens with zero attached hydrogens (tertiary/aromatic N) is 5. The Labute approximate surface area is 253 Å². The van der Waals surface area contributed by atoms with E-state index < -0.39 is 14.2 Å². The summed E-state index contributed by atoms with van der Waals surface area (Å²) in [5, 5.41) is 15.9. The summed E-state index contributed by atoms with van der Waals surface area (Å²) in [5.41, 5.74) is 3.23. The molecule has 1 N–H and O–H groups in total. The third-order valence-electron chi connectivity index (χ3n) is 7.29. The first-order valence-corrected chi connectivity index (χ1v) is 18.6. The molecule has 1 saturated carbocycles. The number of rotatable bonds is 12. The Kier molecular flexibility index (Phi) is 10.2. The molecule has 0 radical (unpaired) electrons. The molecule has 1 aliphatic rings. The average molecular weight is 601 g/mol. The van der Waals surface area contributed by atoms with Crippen molar-refractivity contribution < 1.29 is 19.0 Å². The molecule has 10 nitrogen and oxygen atoms in total. The third kappa shape index (κ3) is 9.19. The summed E-state index contributed by atoms with van der Waals surface area (Å²) in [6, 6.07) is 18.5. The van der Waals surface area contributed by atoms with Crippen molar-refractivity contribution in [2.45, 2.75) is 77.2 Å². The summed E-state index contributed by atoms with van der Waals surface area (Å²) < 4.78 is 17.7. The van der Waals surface area contributed by atoms with Gasteiger partial charge < -0.3 is 19.5 Å². The highest BCUT2D eigenvalue weighted by Crippen LogP contribution is 2.35. The lowest BCUT2D eigenvalue weighted by Crippen LogP contribution is -2.37. The molecule has 226 valence electrons. The maximum absolute atomic E-state index is 12.7. The van der Waals surface area contributed by atoms with Gasteiger partial charge in [-0.05, 0) is 53.9 Å². The zero-order valence-electron chi connectivity index (χ0n) is 25.2. The number of aromatic nitrogens is 5. The highest BCUT2D eigenvalue weighted by molar-refractivity contribution is 6.76. The average Bonchev–Trinajstić information content (AvgIpc) is 3.48. The topological polar surface area (TPSA) is 113 Å². The summed E-state index contributed by atoms with van der Waals surface area (Å²) in [7, 11) is -1.18. The van der Waals surface area contributed by atoms with Crippen molar-refractivity contribution in [3.05, 3.63) is 72.6 Å². The fourth-order valence-electron chi connectivity index (χ4n) is 4.86. The Balaban J connectivity index is 1.34. The Hall–Kier alpha value is -4.09. The van der Waals surface area contributed by atoms with Gasteiger partial charge in [0.1, 0.15) is 18.1 Å². The largest absolute Gasteiger partial charge is 0.488 e. The van der Waals surface area contributed by atoms with Crippen LogP contribution in [0.3, 0.4) is 0 Å². The number of hydrogen-bond donors (Lipinski definition) is 1. The quantitative estimate of drug-likeness (QED) is 0.141. The number of carbonyl (C=O) groups excluding carboxylic acids is 1. The van der Waals surface area contributed by atoms with E-state index in [2.05, 4.69) is 45.4 Å². The van der Waals surface area contributed by atoms with E-state index in [0.29, 0.717) is 36.1 Å². The predicted molar refractivity (Wildman–Crippen MR) is 167 cm³/mol. The molecule has 0 bridgehead atoms. The van der Waals surface area contributed by atoms with Gasteiger partial charge >= 0.3 is 6.09 Å². The summed E-state index contributed by atoms with van der Waals surface area (Å²) in [6.07, 6.45) is 8.41. The van der Waals surface area contributed by atoms with Gasteiger partial charge in [0.25, 0.3) is 0 Å². The van der Waals surface area contributed by atoms with Gasteiger partial charge in [0.2, 0.25) is 5.82 Å². The standard InChI is InChI=1S/C32H40N6O4Si/c1-43(2,3)17-16-40-23-38-36-31(35-37-38)26-18-25(20-33-21-26)29-19-28(42-32(39)34-27-12-8-5-9-13-27)14-15-30(29)41-22-24-10-6-4-7-11-24/h4,6-7,10-11,14-15,18-21,27H,5,8-9,12-13,16-17,22-23H2,1-3H3,(H,34,39). The van der Waals surface area contributed by atoms with Crippen LogP contribution in [0.1, 0.15) is 37.7 Å². The Morgan fingerprint density at radius 1 is 1.00 bits per heavy atom. The molecule has 4 aromatic rings. The van der Waals surface area contributed by atoms with Crippen LogP contribution in [-0.4, -0.2) is 52.0 Å². The van der Waals surface area contributed by atoms with Crippen molar-refractivity contribution in [3.63, 3.8) is 0 Å². The lowest BCUT2D eigenvalue weighted by Gasteiger charge is -2.22. The highest BCUT2D eigenvalue weighted by atomic mass is 28.3. The third-order valence-corrected chi connectivity index (χ3v) is 8.99. The van der Waals surface area contributed by atoms with Crippen LogP contribution in [0.5, 0.6) is 11.5 Å². The van der Waals surface area contributed by atoms with Gasteiger partial charge in [0, 0.05) is 49.8 Å². The molecule has 0 aliphatic heterocycles. The number of pyridine rings is 1. The van der Waals surface area contributed by atoms with Gasteiger partial charge in [-0.1, -0.05) is 69.2 Å². The molecule has 2 aromatic carbocycles. The molecule has 0 saturated heterocycles. The van der Waals surface area contributed by atoms with Crippen molar-refractivity contribution in [1.82, 2.24) is 30.5 Å². The number of nitrogens with one attached hydrogen (secondary N) is 1. The molecule has 11 heteroatoms. The van der Waals surface area contributed by atoms with E-state index in [1.807, 2.05) is 42.5 Å². The SMILES string of the molecule is C[Si](C)(C)CCOCn1nnc(-c2cncc(-c3cc(OC(=O)NC4CCCCC4)ccc3OCc3ccccc3)c2)n1. The Morgan fingerprint density at radius 3 is 2.58 bits per heavy atom. The molecule has 1 amide bonds. The molecule has 2 heterocycles. The monoisotopic (exact) mass is 600 g/mol. The van der Waals surface area contributed by atoms with Crippen molar-refractivity contribution in [2.75, 3.05) is 6.61 Å². The van der Waals surface area contributed by atoms with Gasteiger partial charge in [0.05, 0.1) is 0 Å². The summed E-state index contributed by atoms with van der Waals surface area (Å²) in [5.74, 6) is 1.49. The normalized spacial score (nSPS) is 13.9. The van der Waals surface area contributed by atoms with Crippen LogP contribution in [0.25, 0.3) is 22.5 Å². The first-order valence-electron chi connectivity index (χ1n) is 14.9. The van der Waals surface area contributed by atoms with Crippen molar-refractivity contribution in [3.8, 4) is 34.0 Å². The van der Waals surface area contributed by atoms with E-state index in [9.17, 15) is 4.79 Å². The zero-order chi connectivity index (χ0) is 30.1. The molecule has 1 aliphatic carbocycles. The molecular formula is C32H40N6O4Si. The van der Waals surface area contributed by atoms with Crippen LogP contribution in [0.2, 0.25) is 25.7 Å². The maximum atomic E-state index is 12.7. The molecule has 0 unspecified atom stereocenters. The molecule has 43 heavy (non-hydrogen) atoms. The highest BCUT2D eigenvalue weighted by Gasteiger charge is 2.19. The van der Waals surface area contributed by atoms with Gasteiger partial charge in [0.15, 0.2) is 6.73 Å². The van der Waals surface area contributed by atoms with E-state index in [-0.39, 0.29) is 12.8 Å². The Bertz CT molecular complexity index is 1480. The maximum Gasteiger partial charge on any atom is 0.412 e. The van der Waals surface area contributed by atoms with Crippen LogP contribution in [-0.2, 0) is 18.1 Å². The van der Waals surface area contributed by atoms with Gasteiger partial charge in [-0.15, -0.1) is 15.0 Å². The predicted octanol–water partition coefficient (Wildman–Crippen LogP) is 6.71. The second-order valence-electron chi connectivity index (χ2n) is 12.1. The number of benzene rings is 2. The lowest BCUT2D eigenvalue weighted by molar-refractivity contribution is 0.0674. The first kappa shape index (κ1) is 30.4. The lowest BCUT2D eigenvalue weighted by atomic mass is 9.96. The smallest absolute Gasteiger partial charge is 0.412 e. The van der Waals surface area contributed by atoms with E-state index in [1.54, 1.807) is 24.5 Å². The number of carbonyl (C=O) groups is 1. The number of hydrogen-bond acceptors (Lipinski definition) is 8. The Morgan fingerprint density at radius 2 is 1.79 bits per heavy atom. The number of tetrazole rings is 1. The fraction of sp³-hybridized carbons (Fsp3) is 0.406. The van der Waals surface area contributed by atoms with Gasteiger partial charge in [-0.25, -0.2) is 4.79 Å². The van der Waals surface area contributed by atoms with Crippen molar-refractivity contribution >= 4 is 14.2 Å². The minimum absolute atomic E-state index is 0.154. The van der Waals surface area contributed by atoms with Crippen molar-refractivity contribution in [1.29, 1.82) is 0 Å².